The highest BCUT2D eigenvalue weighted by atomic mass is 32.1. The average molecular weight is 343 g/mol. The van der Waals surface area contributed by atoms with Gasteiger partial charge in [-0.25, -0.2) is 4.98 Å². The van der Waals surface area contributed by atoms with Gasteiger partial charge in [0.15, 0.2) is 4.96 Å². The summed E-state index contributed by atoms with van der Waals surface area (Å²) in [6.07, 6.45) is 1.63. The minimum Gasteiger partial charge on any atom is -0.268 e. The highest BCUT2D eigenvalue weighted by Crippen LogP contribution is 2.27. The van der Waals surface area contributed by atoms with E-state index in [4.69, 9.17) is 4.98 Å². The van der Waals surface area contributed by atoms with Gasteiger partial charge in [0.1, 0.15) is 0 Å². The zero-order valence-electron chi connectivity index (χ0n) is 13.4. The van der Waals surface area contributed by atoms with Crippen LogP contribution in [0.1, 0.15) is 5.56 Å². The van der Waals surface area contributed by atoms with E-state index in [9.17, 15) is 4.79 Å². The second-order valence-corrected chi connectivity index (χ2v) is 6.90. The smallest absolute Gasteiger partial charge is 0.268 e. The molecule has 0 unspecified atom stereocenters. The Kier molecular flexibility index (Phi) is 2.99. The molecule has 0 spiro atoms. The summed E-state index contributed by atoms with van der Waals surface area (Å²) in [5.74, 6) is 0. The van der Waals surface area contributed by atoms with Gasteiger partial charge in [-0.2, -0.15) is 0 Å². The zero-order valence-corrected chi connectivity index (χ0v) is 14.2. The van der Waals surface area contributed by atoms with E-state index in [-0.39, 0.29) is 5.56 Å². The van der Waals surface area contributed by atoms with E-state index in [1.165, 1.54) is 16.9 Å². The second-order valence-electron chi connectivity index (χ2n) is 6.06. The molecule has 120 valence electrons. The molecule has 3 heterocycles. The van der Waals surface area contributed by atoms with Gasteiger partial charge in [-0.15, -0.1) is 11.3 Å². The molecule has 0 fully saturated rings. The lowest BCUT2D eigenvalue weighted by atomic mass is 10.1. The molecule has 5 heteroatoms. The van der Waals surface area contributed by atoms with Crippen molar-refractivity contribution in [3.05, 3.63) is 76.0 Å². The van der Waals surface area contributed by atoms with Crippen molar-refractivity contribution in [2.45, 2.75) is 6.92 Å². The molecular formula is C20H13N3OS. The summed E-state index contributed by atoms with van der Waals surface area (Å²) in [6, 6.07) is 15.9. The van der Waals surface area contributed by atoms with E-state index < -0.39 is 0 Å². The number of rotatable bonds is 1. The third-order valence-electron chi connectivity index (χ3n) is 4.44. The molecule has 25 heavy (non-hydrogen) atoms. The maximum atomic E-state index is 13.1. The fraction of sp³-hybridized carbons (Fsp3) is 0.0500. The van der Waals surface area contributed by atoms with Crippen molar-refractivity contribution in [2.75, 3.05) is 0 Å². The molecule has 0 atom stereocenters. The van der Waals surface area contributed by atoms with E-state index in [1.54, 1.807) is 10.6 Å². The fourth-order valence-corrected chi connectivity index (χ4v) is 4.02. The van der Waals surface area contributed by atoms with E-state index in [0.717, 1.165) is 22.2 Å². The summed E-state index contributed by atoms with van der Waals surface area (Å²) in [7, 11) is 0. The Morgan fingerprint density at radius 3 is 2.64 bits per heavy atom. The number of thiazole rings is 1. The molecule has 0 aliphatic heterocycles. The van der Waals surface area contributed by atoms with E-state index in [2.05, 4.69) is 4.98 Å². The van der Waals surface area contributed by atoms with Crippen LogP contribution in [-0.2, 0) is 0 Å². The van der Waals surface area contributed by atoms with E-state index >= 15 is 0 Å². The Balaban J connectivity index is 1.90. The highest BCUT2D eigenvalue weighted by molar-refractivity contribution is 7.15. The minimum atomic E-state index is -0.0740. The topological polar surface area (TPSA) is 47.3 Å². The van der Waals surface area contributed by atoms with Crippen molar-refractivity contribution in [3.63, 3.8) is 0 Å². The number of benzene rings is 2. The number of hydrogen-bond acceptors (Lipinski definition) is 4. The first kappa shape index (κ1) is 14.3. The van der Waals surface area contributed by atoms with Crippen molar-refractivity contribution in [1.82, 2.24) is 14.4 Å². The van der Waals surface area contributed by atoms with Crippen LogP contribution < -0.4 is 5.56 Å². The number of fused-ring (bicyclic) bond motifs is 4. The lowest BCUT2D eigenvalue weighted by molar-refractivity contribution is 1.12. The number of nitrogens with zero attached hydrogens (tertiary/aromatic N) is 3. The fourth-order valence-electron chi connectivity index (χ4n) is 3.13. The number of hydrogen-bond donors (Lipinski definition) is 0. The molecule has 3 aromatic heterocycles. The summed E-state index contributed by atoms with van der Waals surface area (Å²) in [6.45, 7) is 2.05. The Hall–Kier alpha value is -3.05. The first-order valence-electron chi connectivity index (χ1n) is 7.97. The predicted octanol–water partition coefficient (Wildman–Crippen LogP) is 4.43. The number of pyridine rings is 1. The van der Waals surface area contributed by atoms with Crippen molar-refractivity contribution in [2.24, 2.45) is 0 Å². The van der Waals surface area contributed by atoms with Crippen molar-refractivity contribution in [3.8, 4) is 11.3 Å². The van der Waals surface area contributed by atoms with Crippen molar-refractivity contribution in [1.29, 1.82) is 0 Å². The van der Waals surface area contributed by atoms with Gasteiger partial charge < -0.3 is 0 Å². The largest absolute Gasteiger partial charge is 0.268 e. The average Bonchev–Trinajstić information content (AvgIpc) is 3.07. The van der Waals surface area contributed by atoms with Crippen LogP contribution in [0, 0.1) is 6.92 Å². The van der Waals surface area contributed by atoms with Crippen LogP contribution >= 0.6 is 11.3 Å². The SMILES string of the molecule is Cc1ccc(-c2csc3nc4c(cnc5ccccc54)c(=O)n23)cc1. The summed E-state index contributed by atoms with van der Waals surface area (Å²) in [4.78, 5) is 23.0. The monoisotopic (exact) mass is 343 g/mol. The Morgan fingerprint density at radius 2 is 1.80 bits per heavy atom. The van der Waals surface area contributed by atoms with Crippen molar-refractivity contribution >= 4 is 38.1 Å². The van der Waals surface area contributed by atoms with Crippen LogP contribution in [0.25, 0.3) is 38.0 Å². The molecular weight excluding hydrogens is 330 g/mol. The van der Waals surface area contributed by atoms with Crippen molar-refractivity contribution < 1.29 is 0 Å². The Morgan fingerprint density at radius 1 is 1.00 bits per heavy atom. The first-order valence-corrected chi connectivity index (χ1v) is 8.85. The molecule has 0 N–H and O–H groups in total. The van der Waals surface area contributed by atoms with Crippen LogP contribution in [0.3, 0.4) is 0 Å². The van der Waals surface area contributed by atoms with Gasteiger partial charge >= 0.3 is 0 Å². The normalized spacial score (nSPS) is 11.6. The molecule has 5 rings (SSSR count). The van der Waals surface area contributed by atoms with Crippen LogP contribution in [0.15, 0.2) is 64.9 Å². The summed E-state index contributed by atoms with van der Waals surface area (Å²) < 4.78 is 1.69. The molecule has 5 aromatic rings. The second kappa shape index (κ2) is 5.22. The van der Waals surface area contributed by atoms with E-state index in [1.807, 2.05) is 60.8 Å². The van der Waals surface area contributed by atoms with Gasteiger partial charge in [0.2, 0.25) is 0 Å². The zero-order chi connectivity index (χ0) is 17.0. The first-order chi connectivity index (χ1) is 12.2. The van der Waals surface area contributed by atoms with E-state index in [0.29, 0.717) is 15.9 Å². The summed E-state index contributed by atoms with van der Waals surface area (Å²) >= 11 is 1.48. The molecule has 0 saturated heterocycles. The highest BCUT2D eigenvalue weighted by Gasteiger charge is 2.14. The van der Waals surface area contributed by atoms with Gasteiger partial charge in [0, 0.05) is 17.0 Å². The molecule has 0 amide bonds. The molecule has 2 aromatic carbocycles. The number of aryl methyl sites for hydroxylation is 1. The molecule has 4 nitrogen and oxygen atoms in total. The van der Waals surface area contributed by atoms with Crippen LogP contribution in [0.4, 0.5) is 0 Å². The van der Waals surface area contributed by atoms with Gasteiger partial charge in [-0.3, -0.25) is 14.2 Å². The molecule has 0 aliphatic rings. The standard InChI is InChI=1S/C20H13N3OS/c1-12-6-8-13(9-7-12)17-11-25-20-22-18-14-4-2-3-5-16(14)21-10-15(18)19(24)23(17)20/h2-11H,1H3. The summed E-state index contributed by atoms with van der Waals surface area (Å²) in [5.41, 5.74) is 4.56. The Bertz CT molecular complexity index is 1320. The molecule has 0 saturated carbocycles. The van der Waals surface area contributed by atoms with Gasteiger partial charge in [-0.05, 0) is 18.6 Å². The van der Waals surface area contributed by atoms with Gasteiger partial charge in [-0.1, -0.05) is 48.0 Å². The predicted molar refractivity (Wildman–Crippen MR) is 102 cm³/mol. The maximum Gasteiger partial charge on any atom is 0.268 e. The van der Waals surface area contributed by atoms with Crippen LogP contribution in [0.5, 0.6) is 0 Å². The maximum absolute atomic E-state index is 13.1. The lowest BCUT2D eigenvalue weighted by Gasteiger charge is -2.05. The molecule has 0 radical (unpaired) electrons. The Labute approximate surface area is 147 Å². The third kappa shape index (κ3) is 2.09. The minimum absolute atomic E-state index is 0.0740. The van der Waals surface area contributed by atoms with Gasteiger partial charge in [0.25, 0.3) is 5.56 Å². The quantitative estimate of drug-likeness (QED) is 0.423. The lowest BCUT2D eigenvalue weighted by Crippen LogP contribution is -2.15. The molecule has 0 aliphatic carbocycles. The third-order valence-corrected chi connectivity index (χ3v) is 5.27. The molecule has 0 bridgehead atoms. The van der Waals surface area contributed by atoms with Gasteiger partial charge in [0.05, 0.1) is 22.1 Å². The number of para-hydroxylation sites is 1. The summed E-state index contributed by atoms with van der Waals surface area (Å²) in [5, 5.41) is 3.44. The van der Waals surface area contributed by atoms with Crippen LogP contribution in [0.2, 0.25) is 0 Å². The number of aromatic nitrogens is 3. The van der Waals surface area contributed by atoms with Crippen LogP contribution in [-0.4, -0.2) is 14.4 Å².